The monoisotopic (exact) mass is 349 g/mol. The maximum atomic E-state index is 11.3. The van der Waals surface area contributed by atoms with Crippen LogP contribution in [0.1, 0.15) is 5.56 Å². The zero-order chi connectivity index (χ0) is 13.5. The average molecular weight is 351 g/mol. The molecule has 8 heteroatoms. The van der Waals surface area contributed by atoms with E-state index in [4.69, 9.17) is 10.7 Å². The predicted molar refractivity (Wildman–Crippen MR) is 71.9 cm³/mol. The summed E-state index contributed by atoms with van der Waals surface area (Å²) in [6.07, 6.45) is 0. The molecule has 1 aromatic carbocycles. The van der Waals surface area contributed by atoms with Crippen LogP contribution in [0, 0.1) is 6.92 Å². The molecule has 0 saturated heterocycles. The number of hydrogen-bond donors (Lipinski definition) is 0. The van der Waals surface area contributed by atoms with Crippen LogP contribution >= 0.6 is 26.6 Å². The topological polar surface area (TPSA) is 64.8 Å². The van der Waals surface area contributed by atoms with Crippen molar-refractivity contribution in [3.05, 3.63) is 28.2 Å². The molecule has 0 radical (unpaired) electrons. The van der Waals surface area contributed by atoms with Gasteiger partial charge in [0.1, 0.15) is 0 Å². The summed E-state index contributed by atoms with van der Waals surface area (Å²) in [6, 6.07) is 5.61. The Labute approximate surface area is 117 Å². The Kier molecular flexibility index (Phi) is 3.48. The predicted octanol–water partition coefficient (Wildman–Crippen LogP) is 2.48. The molecule has 0 aliphatic heterocycles. The van der Waals surface area contributed by atoms with Crippen LogP contribution in [0.3, 0.4) is 0 Å². The third-order valence-corrected chi connectivity index (χ3v) is 4.18. The zero-order valence-corrected chi connectivity index (χ0v) is 12.7. The Balaban J connectivity index is 2.63. The van der Waals surface area contributed by atoms with Gasteiger partial charge in [0, 0.05) is 27.8 Å². The Morgan fingerprint density at radius 2 is 2.00 bits per heavy atom. The summed E-state index contributed by atoms with van der Waals surface area (Å²) in [4.78, 5) is 0. The Hall–Kier alpha value is -0.920. The van der Waals surface area contributed by atoms with E-state index in [2.05, 4.69) is 26.1 Å². The molecule has 96 valence electrons. The van der Waals surface area contributed by atoms with Gasteiger partial charge in [0.2, 0.25) is 0 Å². The van der Waals surface area contributed by atoms with Crippen LogP contribution in [-0.4, -0.2) is 23.2 Å². The van der Waals surface area contributed by atoms with Gasteiger partial charge in [-0.05, 0) is 30.7 Å². The summed E-state index contributed by atoms with van der Waals surface area (Å²) in [5.74, 6) is 0.458. The summed E-state index contributed by atoms with van der Waals surface area (Å²) < 4.78 is 24.8. The minimum Gasteiger partial charge on any atom is -0.300 e. The smallest absolute Gasteiger partial charge is 0.296 e. The van der Waals surface area contributed by atoms with Crippen LogP contribution in [0.15, 0.2) is 27.8 Å². The van der Waals surface area contributed by atoms with Crippen molar-refractivity contribution in [3.8, 4) is 11.4 Å². The minimum absolute atomic E-state index is 0.263. The molecule has 0 aliphatic carbocycles. The van der Waals surface area contributed by atoms with Crippen LogP contribution < -0.4 is 0 Å². The fourth-order valence-corrected chi connectivity index (χ4v) is 3.07. The quantitative estimate of drug-likeness (QED) is 0.781. The lowest BCUT2D eigenvalue weighted by Gasteiger charge is -2.06. The van der Waals surface area contributed by atoms with Crippen LogP contribution in [0.2, 0.25) is 0 Å². The molecule has 0 N–H and O–H groups in total. The molecule has 0 amide bonds. The Bertz CT molecular complexity index is 712. The lowest BCUT2D eigenvalue weighted by Crippen LogP contribution is -2.03. The maximum Gasteiger partial charge on any atom is 0.296 e. The highest BCUT2D eigenvalue weighted by Crippen LogP contribution is 2.26. The molecule has 0 fully saturated rings. The Morgan fingerprint density at radius 3 is 2.50 bits per heavy atom. The van der Waals surface area contributed by atoms with Crippen LogP contribution in [0.25, 0.3) is 11.4 Å². The molecule has 0 spiro atoms. The molecule has 0 unspecified atom stereocenters. The van der Waals surface area contributed by atoms with Gasteiger partial charge in [0.25, 0.3) is 14.2 Å². The normalized spacial score (nSPS) is 11.8. The first-order chi connectivity index (χ1) is 8.30. The third kappa shape index (κ3) is 2.43. The first-order valence-corrected chi connectivity index (χ1v) is 8.01. The van der Waals surface area contributed by atoms with Crippen molar-refractivity contribution in [2.75, 3.05) is 0 Å². The van der Waals surface area contributed by atoms with E-state index in [1.807, 2.05) is 25.1 Å². The van der Waals surface area contributed by atoms with Gasteiger partial charge in [-0.25, -0.2) is 8.42 Å². The number of hydrogen-bond acceptors (Lipinski definition) is 4. The fraction of sp³-hybridized carbons (Fsp3) is 0.200. The molecule has 5 nitrogen and oxygen atoms in total. The average Bonchev–Trinajstić information content (AvgIpc) is 2.60. The van der Waals surface area contributed by atoms with E-state index in [1.165, 1.54) is 4.57 Å². The van der Waals surface area contributed by atoms with E-state index in [0.29, 0.717) is 5.82 Å². The summed E-state index contributed by atoms with van der Waals surface area (Å²) in [7, 11) is 2.94. The lowest BCUT2D eigenvalue weighted by molar-refractivity contribution is 0.593. The van der Waals surface area contributed by atoms with Crippen LogP contribution in [0.4, 0.5) is 0 Å². The van der Waals surface area contributed by atoms with Gasteiger partial charge in [-0.1, -0.05) is 15.9 Å². The first kappa shape index (κ1) is 13.5. The number of nitrogens with zero attached hydrogens (tertiary/aromatic N) is 3. The van der Waals surface area contributed by atoms with Crippen molar-refractivity contribution in [2.24, 2.45) is 7.05 Å². The largest absolute Gasteiger partial charge is 0.300 e. The van der Waals surface area contributed by atoms with Crippen molar-refractivity contribution >= 4 is 35.7 Å². The molecular weight excluding hydrogens is 342 g/mol. The van der Waals surface area contributed by atoms with Gasteiger partial charge in [-0.2, -0.15) is 0 Å². The standard InChI is InChI=1S/C10H9BrClN3O2S/c1-6-5-7(11)3-4-8(6)9-13-14-10(15(9)2)18(12,16)17/h3-5H,1-2H3. The second kappa shape index (κ2) is 4.64. The first-order valence-electron chi connectivity index (χ1n) is 4.91. The highest BCUT2D eigenvalue weighted by molar-refractivity contribution is 9.10. The molecule has 1 heterocycles. The van der Waals surface area contributed by atoms with Gasteiger partial charge in [0.15, 0.2) is 5.82 Å². The maximum absolute atomic E-state index is 11.3. The number of aryl methyl sites for hydroxylation is 1. The molecule has 0 saturated carbocycles. The van der Waals surface area contributed by atoms with Gasteiger partial charge in [-0.3, -0.25) is 4.57 Å². The van der Waals surface area contributed by atoms with Crippen molar-refractivity contribution < 1.29 is 8.42 Å². The molecule has 0 bridgehead atoms. The summed E-state index contributed by atoms with van der Waals surface area (Å²) in [5.41, 5.74) is 1.76. The Morgan fingerprint density at radius 1 is 1.33 bits per heavy atom. The van der Waals surface area contributed by atoms with E-state index in [1.54, 1.807) is 7.05 Å². The molecule has 0 atom stereocenters. The van der Waals surface area contributed by atoms with Crippen LogP contribution in [0.5, 0.6) is 0 Å². The van der Waals surface area contributed by atoms with Gasteiger partial charge >= 0.3 is 0 Å². The van der Waals surface area contributed by atoms with Crippen molar-refractivity contribution in [1.82, 2.24) is 14.8 Å². The minimum atomic E-state index is -3.89. The van der Waals surface area contributed by atoms with Gasteiger partial charge < -0.3 is 0 Å². The van der Waals surface area contributed by atoms with Crippen LogP contribution in [-0.2, 0) is 16.1 Å². The van der Waals surface area contributed by atoms with Crippen molar-refractivity contribution in [3.63, 3.8) is 0 Å². The number of benzene rings is 1. The molecule has 2 aromatic rings. The molecule has 1 aromatic heterocycles. The number of aromatic nitrogens is 3. The van der Waals surface area contributed by atoms with Gasteiger partial charge in [0.05, 0.1) is 0 Å². The highest BCUT2D eigenvalue weighted by Gasteiger charge is 2.21. The van der Waals surface area contributed by atoms with E-state index >= 15 is 0 Å². The lowest BCUT2D eigenvalue weighted by atomic mass is 10.1. The summed E-state index contributed by atoms with van der Waals surface area (Å²) in [6.45, 7) is 1.91. The van der Waals surface area contributed by atoms with E-state index in [9.17, 15) is 8.42 Å². The zero-order valence-electron chi connectivity index (χ0n) is 9.55. The van der Waals surface area contributed by atoms with E-state index < -0.39 is 9.05 Å². The van der Waals surface area contributed by atoms with E-state index in [0.717, 1.165) is 15.6 Å². The van der Waals surface area contributed by atoms with Crippen molar-refractivity contribution in [2.45, 2.75) is 12.1 Å². The second-order valence-corrected chi connectivity index (χ2v) is 7.14. The third-order valence-electron chi connectivity index (χ3n) is 2.48. The molecule has 18 heavy (non-hydrogen) atoms. The second-order valence-electron chi connectivity index (χ2n) is 3.76. The number of rotatable bonds is 2. The van der Waals surface area contributed by atoms with Gasteiger partial charge in [-0.15, -0.1) is 10.2 Å². The molecular formula is C10H9BrClN3O2S. The van der Waals surface area contributed by atoms with Crippen molar-refractivity contribution in [1.29, 1.82) is 0 Å². The SMILES string of the molecule is Cc1cc(Br)ccc1-c1nnc(S(=O)(=O)Cl)n1C. The highest BCUT2D eigenvalue weighted by atomic mass is 79.9. The van der Waals surface area contributed by atoms with E-state index in [-0.39, 0.29) is 5.16 Å². The number of halogens is 2. The summed E-state index contributed by atoms with van der Waals surface area (Å²) >= 11 is 3.36. The molecule has 0 aliphatic rings. The summed E-state index contributed by atoms with van der Waals surface area (Å²) in [5, 5.41) is 7.22. The molecule has 2 rings (SSSR count). The fourth-order valence-electron chi connectivity index (χ4n) is 1.64.